The number of amides is 1. The Morgan fingerprint density at radius 2 is 1.96 bits per heavy atom. The quantitative estimate of drug-likeness (QED) is 0.836. The maximum Gasteiger partial charge on any atom is 0.331 e. The summed E-state index contributed by atoms with van der Waals surface area (Å²) in [5.74, 6) is -0.446. The number of nitrogens with one attached hydrogen (secondary N) is 1. The molecule has 1 aliphatic rings. The van der Waals surface area contributed by atoms with Gasteiger partial charge in [0.2, 0.25) is 5.91 Å². The molecule has 1 fully saturated rings. The molecule has 0 heterocycles. The van der Waals surface area contributed by atoms with E-state index in [-0.39, 0.29) is 11.9 Å². The monoisotopic (exact) mass is 337 g/mol. The molecule has 0 atom stereocenters. The molecule has 4 nitrogen and oxygen atoms in total. The third-order valence-electron chi connectivity index (χ3n) is 4.54. The Kier molecular flexibility index (Phi) is 6.05. The molecule has 1 aromatic rings. The number of aryl methyl sites for hydroxylation is 2. The summed E-state index contributed by atoms with van der Waals surface area (Å²) in [6.07, 6.45) is 5.20. The number of esters is 1. The zero-order valence-corrected chi connectivity index (χ0v) is 14.5. The zero-order valence-electron chi connectivity index (χ0n) is 13.8. The lowest BCUT2D eigenvalue weighted by Crippen LogP contribution is -2.56. The summed E-state index contributed by atoms with van der Waals surface area (Å²) in [5, 5.41) is 3.64. The number of methoxy groups -OCH3 is 1. The number of carbonyl (C=O) groups excluding carboxylic acids is 2. The number of hydrogen-bond donors (Lipinski definition) is 1. The lowest BCUT2D eigenvalue weighted by molar-refractivity contribution is -0.152. The minimum absolute atomic E-state index is 0.117. The van der Waals surface area contributed by atoms with Crippen LogP contribution in [0.1, 0.15) is 49.7 Å². The van der Waals surface area contributed by atoms with Crippen LogP contribution in [0.4, 0.5) is 0 Å². The third kappa shape index (κ3) is 4.47. The van der Waals surface area contributed by atoms with Gasteiger partial charge in [0, 0.05) is 11.4 Å². The van der Waals surface area contributed by atoms with E-state index in [1.54, 1.807) is 0 Å². The van der Waals surface area contributed by atoms with Crippen LogP contribution in [-0.2, 0) is 20.7 Å². The third-order valence-corrected chi connectivity index (χ3v) is 4.95. The van der Waals surface area contributed by atoms with Crippen molar-refractivity contribution < 1.29 is 14.3 Å². The predicted molar refractivity (Wildman–Crippen MR) is 90.5 cm³/mol. The second kappa shape index (κ2) is 7.82. The fourth-order valence-corrected chi connectivity index (χ4v) is 3.31. The molecule has 1 amide bonds. The van der Waals surface area contributed by atoms with Crippen molar-refractivity contribution in [2.75, 3.05) is 7.11 Å². The molecule has 2 rings (SSSR count). The largest absolute Gasteiger partial charge is 0.467 e. The van der Waals surface area contributed by atoms with Crippen molar-refractivity contribution in [1.82, 2.24) is 5.32 Å². The van der Waals surface area contributed by atoms with Gasteiger partial charge in [-0.2, -0.15) is 0 Å². The van der Waals surface area contributed by atoms with Crippen LogP contribution in [0.5, 0.6) is 0 Å². The zero-order chi connectivity index (χ0) is 16.9. The first kappa shape index (κ1) is 17.8. The number of rotatable bonds is 5. The molecule has 5 heteroatoms. The first-order chi connectivity index (χ1) is 11.0. The standard InChI is InChI=1S/C18H24ClNO3/c1-13-6-7-14(12-15(13)19)8-9-16(21)20-18(17(22)23-2)10-4-3-5-11-18/h6-7,12H,3-5,8-11H2,1-2H3,(H,20,21). The van der Waals surface area contributed by atoms with E-state index in [1.807, 2.05) is 25.1 Å². The van der Waals surface area contributed by atoms with E-state index in [9.17, 15) is 9.59 Å². The Bertz CT molecular complexity index is 580. The number of carbonyl (C=O) groups is 2. The van der Waals surface area contributed by atoms with Crippen LogP contribution < -0.4 is 5.32 Å². The average molecular weight is 338 g/mol. The summed E-state index contributed by atoms with van der Waals surface area (Å²) in [5.41, 5.74) is 1.20. The van der Waals surface area contributed by atoms with Gasteiger partial charge in [-0.05, 0) is 43.4 Å². The highest BCUT2D eigenvalue weighted by molar-refractivity contribution is 6.31. The minimum atomic E-state index is -0.838. The van der Waals surface area contributed by atoms with E-state index in [0.717, 1.165) is 30.4 Å². The first-order valence-corrected chi connectivity index (χ1v) is 8.49. The molecule has 0 bridgehead atoms. The molecule has 23 heavy (non-hydrogen) atoms. The van der Waals surface area contributed by atoms with Crippen LogP contribution in [0.2, 0.25) is 5.02 Å². The van der Waals surface area contributed by atoms with Crippen molar-refractivity contribution in [3.63, 3.8) is 0 Å². The number of hydrogen-bond acceptors (Lipinski definition) is 3. The minimum Gasteiger partial charge on any atom is -0.467 e. The highest BCUT2D eigenvalue weighted by Gasteiger charge is 2.41. The highest BCUT2D eigenvalue weighted by atomic mass is 35.5. The van der Waals surface area contributed by atoms with Gasteiger partial charge in [-0.15, -0.1) is 0 Å². The molecule has 0 aliphatic heterocycles. The van der Waals surface area contributed by atoms with Gasteiger partial charge in [0.1, 0.15) is 5.54 Å². The average Bonchev–Trinajstić information content (AvgIpc) is 2.56. The Balaban J connectivity index is 1.96. The Labute approximate surface area is 142 Å². The second-order valence-corrected chi connectivity index (χ2v) is 6.67. The lowest BCUT2D eigenvalue weighted by atomic mass is 9.81. The molecule has 0 radical (unpaired) electrons. The van der Waals surface area contributed by atoms with Crippen molar-refractivity contribution in [3.8, 4) is 0 Å². The van der Waals surface area contributed by atoms with Gasteiger partial charge in [-0.25, -0.2) is 4.79 Å². The normalized spacial score (nSPS) is 16.7. The van der Waals surface area contributed by atoms with Crippen LogP contribution in [-0.4, -0.2) is 24.5 Å². The number of halogens is 1. The molecular formula is C18H24ClNO3. The summed E-state index contributed by atoms with van der Waals surface area (Å²) in [6, 6.07) is 5.82. The lowest BCUT2D eigenvalue weighted by Gasteiger charge is -2.35. The fourth-order valence-electron chi connectivity index (χ4n) is 3.11. The maximum atomic E-state index is 12.3. The summed E-state index contributed by atoms with van der Waals surface area (Å²) >= 11 is 6.11. The van der Waals surface area contributed by atoms with Crippen LogP contribution >= 0.6 is 11.6 Å². The first-order valence-electron chi connectivity index (χ1n) is 8.11. The molecule has 126 valence electrons. The van der Waals surface area contributed by atoms with Crippen molar-refractivity contribution in [1.29, 1.82) is 0 Å². The van der Waals surface area contributed by atoms with Crippen LogP contribution in [0.3, 0.4) is 0 Å². The van der Waals surface area contributed by atoms with E-state index in [2.05, 4.69) is 5.32 Å². The fraction of sp³-hybridized carbons (Fsp3) is 0.556. The van der Waals surface area contributed by atoms with Crippen LogP contribution in [0, 0.1) is 6.92 Å². The van der Waals surface area contributed by atoms with E-state index < -0.39 is 5.54 Å². The molecule has 0 unspecified atom stereocenters. The van der Waals surface area contributed by atoms with Crippen molar-refractivity contribution >= 4 is 23.5 Å². The SMILES string of the molecule is COC(=O)C1(NC(=O)CCc2ccc(C)c(Cl)c2)CCCCC1. The van der Waals surface area contributed by atoms with Crippen molar-refractivity contribution in [3.05, 3.63) is 34.3 Å². The Morgan fingerprint density at radius 1 is 1.26 bits per heavy atom. The molecule has 1 aromatic carbocycles. The van der Waals surface area contributed by atoms with Crippen molar-refractivity contribution in [2.45, 2.75) is 57.4 Å². The molecule has 0 saturated heterocycles. The van der Waals surface area contributed by atoms with Gasteiger partial charge in [0.25, 0.3) is 0 Å². The number of ether oxygens (including phenoxy) is 1. The topological polar surface area (TPSA) is 55.4 Å². The summed E-state index contributed by atoms with van der Waals surface area (Å²) < 4.78 is 4.91. The molecule has 1 N–H and O–H groups in total. The second-order valence-electron chi connectivity index (χ2n) is 6.27. The Morgan fingerprint density at radius 3 is 2.57 bits per heavy atom. The molecule has 0 spiro atoms. The summed E-state index contributed by atoms with van der Waals surface area (Å²) in [6.45, 7) is 1.95. The van der Waals surface area contributed by atoms with Crippen LogP contribution in [0.25, 0.3) is 0 Å². The van der Waals surface area contributed by atoms with Gasteiger partial charge >= 0.3 is 5.97 Å². The molecule has 1 saturated carbocycles. The van der Waals surface area contributed by atoms with E-state index in [4.69, 9.17) is 16.3 Å². The van der Waals surface area contributed by atoms with Crippen LogP contribution in [0.15, 0.2) is 18.2 Å². The molecule has 1 aliphatic carbocycles. The van der Waals surface area contributed by atoms with Crippen molar-refractivity contribution in [2.24, 2.45) is 0 Å². The maximum absolute atomic E-state index is 12.3. The highest BCUT2D eigenvalue weighted by Crippen LogP contribution is 2.29. The van der Waals surface area contributed by atoms with Gasteiger partial charge in [0.15, 0.2) is 0 Å². The molecular weight excluding hydrogens is 314 g/mol. The summed E-state index contributed by atoms with van der Waals surface area (Å²) in [7, 11) is 1.37. The van der Waals surface area contributed by atoms with E-state index in [0.29, 0.717) is 30.7 Å². The van der Waals surface area contributed by atoms with Gasteiger partial charge in [-0.3, -0.25) is 4.79 Å². The predicted octanol–water partition coefficient (Wildman–Crippen LogP) is 3.57. The Hall–Kier alpha value is -1.55. The number of benzene rings is 1. The van der Waals surface area contributed by atoms with Gasteiger partial charge in [-0.1, -0.05) is 43.0 Å². The van der Waals surface area contributed by atoms with E-state index >= 15 is 0 Å². The van der Waals surface area contributed by atoms with Gasteiger partial charge < -0.3 is 10.1 Å². The van der Waals surface area contributed by atoms with E-state index in [1.165, 1.54) is 7.11 Å². The summed E-state index contributed by atoms with van der Waals surface area (Å²) in [4.78, 5) is 24.4. The smallest absolute Gasteiger partial charge is 0.331 e. The van der Waals surface area contributed by atoms with Gasteiger partial charge in [0.05, 0.1) is 7.11 Å². The molecule has 0 aromatic heterocycles.